The van der Waals surface area contributed by atoms with Crippen molar-refractivity contribution in [3.63, 3.8) is 0 Å². The highest BCUT2D eigenvalue weighted by atomic mass is 32.2. The van der Waals surface area contributed by atoms with Gasteiger partial charge >= 0.3 is 0 Å². The molecule has 0 atom stereocenters. The maximum atomic E-state index is 12.5. The minimum Gasteiger partial charge on any atom is -0.309 e. The molecule has 20 heavy (non-hydrogen) atoms. The number of sulfonamides is 1. The van der Waals surface area contributed by atoms with Crippen LogP contribution < -0.4 is 4.72 Å². The van der Waals surface area contributed by atoms with E-state index in [1.54, 1.807) is 13.8 Å². The van der Waals surface area contributed by atoms with Gasteiger partial charge in [-0.15, -0.1) is 0 Å². The summed E-state index contributed by atoms with van der Waals surface area (Å²) in [5.41, 5.74) is -0.105. The molecule has 0 saturated heterocycles. The molecule has 0 saturated carbocycles. The van der Waals surface area contributed by atoms with E-state index >= 15 is 0 Å². The number of hydrogen-bond acceptors (Lipinski definition) is 3. The summed E-state index contributed by atoms with van der Waals surface area (Å²) in [4.78, 5) is 2.08. The van der Waals surface area contributed by atoms with Crippen LogP contribution in [0.3, 0.4) is 0 Å². The minimum absolute atomic E-state index is 0.0165. The van der Waals surface area contributed by atoms with Gasteiger partial charge in [-0.05, 0) is 45.2 Å². The number of hydrogen-bond donors (Lipinski definition) is 1. The van der Waals surface area contributed by atoms with Gasteiger partial charge in [-0.1, -0.05) is 34.6 Å². The summed E-state index contributed by atoms with van der Waals surface area (Å²) in [6.45, 7) is 15.3. The Balaban J connectivity index is 4.84. The van der Waals surface area contributed by atoms with E-state index in [1.807, 2.05) is 14.1 Å². The van der Waals surface area contributed by atoms with Crippen molar-refractivity contribution in [2.24, 2.45) is 10.8 Å². The molecule has 0 heterocycles. The molecule has 0 rings (SSSR count). The first-order valence-corrected chi connectivity index (χ1v) is 8.70. The normalized spacial score (nSPS) is 14.9. The van der Waals surface area contributed by atoms with E-state index < -0.39 is 14.8 Å². The van der Waals surface area contributed by atoms with Gasteiger partial charge in [-0.3, -0.25) is 0 Å². The van der Waals surface area contributed by atoms with Gasteiger partial charge in [-0.25, -0.2) is 13.1 Å². The van der Waals surface area contributed by atoms with Crippen LogP contribution in [-0.4, -0.2) is 45.2 Å². The minimum atomic E-state index is -3.33. The molecule has 0 aromatic heterocycles. The topological polar surface area (TPSA) is 49.4 Å². The quantitative estimate of drug-likeness (QED) is 0.787. The third kappa shape index (κ3) is 7.04. The zero-order chi connectivity index (χ0) is 16.4. The van der Waals surface area contributed by atoms with E-state index in [9.17, 15) is 8.42 Å². The standard InChI is InChI=1S/C15H34N2O2S/c1-13(2,3)10-15(6,7)20(18,19)16-11-14(4,5)12-17(8)9/h16H,10-12H2,1-9H3. The number of nitrogens with zero attached hydrogens (tertiary/aromatic N) is 1. The average Bonchev–Trinajstić information content (AvgIpc) is 2.08. The van der Waals surface area contributed by atoms with Crippen molar-refractivity contribution in [2.75, 3.05) is 27.2 Å². The molecule has 0 amide bonds. The summed E-state index contributed by atoms with van der Waals surface area (Å²) in [5.74, 6) is 0. The van der Waals surface area contributed by atoms with Gasteiger partial charge in [0.15, 0.2) is 0 Å². The third-order valence-corrected chi connectivity index (χ3v) is 5.29. The van der Waals surface area contributed by atoms with Gasteiger partial charge in [0.25, 0.3) is 0 Å². The smallest absolute Gasteiger partial charge is 0.216 e. The molecule has 1 N–H and O–H groups in total. The maximum absolute atomic E-state index is 12.5. The Morgan fingerprint density at radius 2 is 1.40 bits per heavy atom. The highest BCUT2D eigenvalue weighted by Crippen LogP contribution is 2.32. The molecule has 0 aliphatic rings. The van der Waals surface area contributed by atoms with E-state index in [2.05, 4.69) is 44.2 Å². The SMILES string of the molecule is CN(C)CC(C)(C)CNS(=O)(=O)C(C)(C)CC(C)(C)C. The van der Waals surface area contributed by atoms with Crippen LogP contribution in [0.2, 0.25) is 0 Å². The van der Waals surface area contributed by atoms with E-state index in [-0.39, 0.29) is 10.8 Å². The van der Waals surface area contributed by atoms with Crippen LogP contribution in [0, 0.1) is 10.8 Å². The molecule has 0 aliphatic heterocycles. The Morgan fingerprint density at radius 3 is 1.75 bits per heavy atom. The Hall–Kier alpha value is -0.130. The van der Waals surface area contributed by atoms with Crippen LogP contribution in [0.4, 0.5) is 0 Å². The van der Waals surface area contributed by atoms with Gasteiger partial charge in [-0.2, -0.15) is 0 Å². The largest absolute Gasteiger partial charge is 0.309 e. The van der Waals surface area contributed by atoms with Crippen LogP contribution >= 0.6 is 0 Å². The highest BCUT2D eigenvalue weighted by molar-refractivity contribution is 7.90. The second kappa shape index (κ2) is 6.32. The summed E-state index contributed by atoms with van der Waals surface area (Å²) >= 11 is 0. The van der Waals surface area contributed by atoms with Gasteiger partial charge in [0.2, 0.25) is 10.0 Å². The van der Waals surface area contributed by atoms with Gasteiger partial charge in [0, 0.05) is 13.1 Å². The summed E-state index contributed by atoms with van der Waals surface area (Å²) in [7, 11) is 0.669. The lowest BCUT2D eigenvalue weighted by atomic mass is 9.86. The molecular weight excluding hydrogens is 272 g/mol. The van der Waals surface area contributed by atoms with Gasteiger partial charge in [0.1, 0.15) is 0 Å². The van der Waals surface area contributed by atoms with E-state index in [4.69, 9.17) is 0 Å². The second-order valence-electron chi connectivity index (χ2n) is 8.72. The zero-order valence-corrected chi connectivity index (χ0v) is 15.6. The van der Waals surface area contributed by atoms with Gasteiger partial charge < -0.3 is 4.90 Å². The molecule has 0 radical (unpaired) electrons. The summed E-state index contributed by atoms with van der Waals surface area (Å²) in [6.07, 6.45) is 0.628. The van der Waals surface area contributed by atoms with Gasteiger partial charge in [0.05, 0.1) is 4.75 Å². The molecule has 0 bridgehead atoms. The van der Waals surface area contributed by atoms with Crippen molar-refractivity contribution in [3.8, 4) is 0 Å². The van der Waals surface area contributed by atoms with E-state index in [0.29, 0.717) is 13.0 Å². The predicted molar refractivity (Wildman–Crippen MR) is 87.4 cm³/mol. The third-order valence-electron chi connectivity index (χ3n) is 3.17. The molecule has 122 valence electrons. The fourth-order valence-electron chi connectivity index (χ4n) is 2.77. The maximum Gasteiger partial charge on any atom is 0.216 e. The van der Waals surface area contributed by atoms with Crippen molar-refractivity contribution >= 4 is 10.0 Å². The fourth-order valence-corrected chi connectivity index (χ4v) is 4.36. The molecule has 0 unspecified atom stereocenters. The van der Waals surface area contributed by atoms with Crippen LogP contribution in [-0.2, 0) is 10.0 Å². The lowest BCUT2D eigenvalue weighted by Gasteiger charge is -2.34. The number of nitrogens with one attached hydrogen (secondary N) is 1. The van der Waals surface area contributed by atoms with E-state index in [1.165, 1.54) is 0 Å². The summed E-state index contributed by atoms with van der Waals surface area (Å²) in [6, 6.07) is 0. The Labute approximate surface area is 126 Å². The van der Waals surface area contributed by atoms with Crippen LogP contribution in [0.1, 0.15) is 54.9 Å². The molecule has 0 aromatic rings. The summed E-state index contributed by atoms with van der Waals surface area (Å²) < 4.78 is 27.1. The van der Waals surface area contributed by atoms with E-state index in [0.717, 1.165) is 6.54 Å². The molecule has 5 heteroatoms. The monoisotopic (exact) mass is 306 g/mol. The van der Waals surface area contributed by atoms with Crippen molar-refractivity contribution in [1.29, 1.82) is 0 Å². The van der Waals surface area contributed by atoms with Crippen LogP contribution in [0.25, 0.3) is 0 Å². The number of rotatable bonds is 7. The first kappa shape index (κ1) is 19.9. The molecule has 0 fully saturated rings. The molecule has 0 aromatic carbocycles. The Kier molecular flexibility index (Phi) is 6.28. The predicted octanol–water partition coefficient (Wildman–Crippen LogP) is 2.71. The molecule has 0 aliphatic carbocycles. The zero-order valence-electron chi connectivity index (χ0n) is 14.8. The van der Waals surface area contributed by atoms with Crippen molar-refractivity contribution in [2.45, 2.75) is 59.6 Å². The molecule has 0 spiro atoms. The first-order valence-electron chi connectivity index (χ1n) is 7.22. The average molecular weight is 307 g/mol. The van der Waals surface area contributed by atoms with Crippen molar-refractivity contribution < 1.29 is 8.42 Å². The fraction of sp³-hybridized carbons (Fsp3) is 1.00. The Bertz CT molecular complexity index is 404. The second-order valence-corrected chi connectivity index (χ2v) is 11.1. The van der Waals surface area contributed by atoms with Crippen LogP contribution in [0.15, 0.2) is 0 Å². The first-order chi connectivity index (χ1) is 8.58. The summed E-state index contributed by atoms with van der Waals surface area (Å²) in [5, 5.41) is 0. The molecular formula is C15H34N2O2S. The lowest BCUT2D eigenvalue weighted by Crippen LogP contribution is -2.48. The molecule has 4 nitrogen and oxygen atoms in total. The highest BCUT2D eigenvalue weighted by Gasteiger charge is 2.38. The van der Waals surface area contributed by atoms with Crippen molar-refractivity contribution in [1.82, 2.24) is 9.62 Å². The Morgan fingerprint density at radius 1 is 0.950 bits per heavy atom. The van der Waals surface area contributed by atoms with Crippen molar-refractivity contribution in [3.05, 3.63) is 0 Å². The van der Waals surface area contributed by atoms with Crippen LogP contribution in [0.5, 0.6) is 0 Å². The lowest BCUT2D eigenvalue weighted by molar-refractivity contribution is 0.241.